The van der Waals surface area contributed by atoms with Gasteiger partial charge in [0.25, 0.3) is 11.8 Å². The molecule has 0 saturated heterocycles. The van der Waals surface area contributed by atoms with E-state index in [9.17, 15) is 28.8 Å². The van der Waals surface area contributed by atoms with Gasteiger partial charge in [0.2, 0.25) is 17.7 Å². The summed E-state index contributed by atoms with van der Waals surface area (Å²) in [5, 5.41) is 17.4. The number of nitrogens with zero attached hydrogens (tertiary/aromatic N) is 1. The van der Waals surface area contributed by atoms with Crippen LogP contribution in [0.2, 0.25) is 0 Å². The number of carbonyl (C=O) groups excluding carboxylic acids is 6. The maximum absolute atomic E-state index is 14.1. The Morgan fingerprint density at radius 1 is 0.741 bits per heavy atom. The van der Waals surface area contributed by atoms with Crippen LogP contribution in [0.25, 0.3) is 0 Å². The highest BCUT2D eigenvalue weighted by molar-refractivity contribution is 6.03. The first-order valence-electron chi connectivity index (χ1n) is 19.8. The SMILES string of the molecule is CCNC(=O)[C@@H](NC(=O)[C@H](C)NC[C@H](Cc1ccccc1)NC(=O)c1cc(C(=O)N[C@H](C)c2ccccc2)cc(N(C)C(=O)CCNC(=O)OC(C)(C)C)c1)C(C)C. The third kappa shape index (κ3) is 15.3. The molecule has 58 heavy (non-hydrogen) atoms. The second kappa shape index (κ2) is 22.3. The Morgan fingerprint density at radius 2 is 1.33 bits per heavy atom. The number of anilines is 1. The van der Waals surface area contributed by atoms with Gasteiger partial charge in [0.15, 0.2) is 0 Å². The molecular formula is C44H61N7O7. The first-order chi connectivity index (χ1) is 27.4. The zero-order valence-electron chi connectivity index (χ0n) is 35.2. The summed E-state index contributed by atoms with van der Waals surface area (Å²) in [6.07, 6.45) is -0.315. The van der Waals surface area contributed by atoms with E-state index >= 15 is 0 Å². The zero-order chi connectivity index (χ0) is 43.0. The van der Waals surface area contributed by atoms with E-state index in [1.807, 2.05) is 88.4 Å². The number of ether oxygens (including phenoxy) is 1. The normalized spacial score (nSPS) is 13.3. The molecule has 0 heterocycles. The van der Waals surface area contributed by atoms with E-state index in [2.05, 4.69) is 31.9 Å². The summed E-state index contributed by atoms with van der Waals surface area (Å²) in [4.78, 5) is 80.6. The van der Waals surface area contributed by atoms with Gasteiger partial charge in [-0.1, -0.05) is 74.5 Å². The quantitative estimate of drug-likeness (QED) is 0.101. The van der Waals surface area contributed by atoms with E-state index in [0.717, 1.165) is 11.1 Å². The summed E-state index contributed by atoms with van der Waals surface area (Å²) in [5.41, 5.74) is 1.71. The Bertz CT molecular complexity index is 1850. The van der Waals surface area contributed by atoms with Gasteiger partial charge in [0.1, 0.15) is 11.6 Å². The molecule has 314 valence electrons. The standard InChI is InChI=1S/C44H61N7O7/c1-10-45-42(56)38(28(2)3)50-39(53)30(5)47-27-35(23-31-17-13-11-14-18-31)49-41(55)34-24-33(40(54)48-29(4)32-19-15-12-16-20-32)25-36(26-34)51(9)37(52)21-22-46-43(57)58-44(6,7)8/h11-20,24-26,28-30,35,38,47H,10,21-23,27H2,1-9H3,(H,45,56)(H,46,57)(H,48,54)(H,49,55)(H,50,53)/t29-,30+,35+,38+/m1/s1. The van der Waals surface area contributed by atoms with Crippen LogP contribution < -0.4 is 36.8 Å². The van der Waals surface area contributed by atoms with Crippen molar-refractivity contribution in [2.45, 2.75) is 98.0 Å². The highest BCUT2D eigenvalue weighted by atomic mass is 16.6. The highest BCUT2D eigenvalue weighted by Crippen LogP contribution is 2.22. The minimum atomic E-state index is -0.711. The van der Waals surface area contributed by atoms with Crippen LogP contribution in [0.15, 0.2) is 78.9 Å². The lowest BCUT2D eigenvalue weighted by molar-refractivity contribution is -0.130. The van der Waals surface area contributed by atoms with Crippen molar-refractivity contribution in [2.24, 2.45) is 5.92 Å². The fourth-order valence-corrected chi connectivity index (χ4v) is 5.92. The molecule has 0 unspecified atom stereocenters. The predicted molar refractivity (Wildman–Crippen MR) is 225 cm³/mol. The molecule has 0 aliphatic heterocycles. The number of hydrogen-bond acceptors (Lipinski definition) is 8. The van der Waals surface area contributed by atoms with E-state index in [4.69, 9.17) is 4.74 Å². The third-order valence-corrected chi connectivity index (χ3v) is 9.18. The van der Waals surface area contributed by atoms with Crippen molar-refractivity contribution in [3.8, 4) is 0 Å². The molecule has 4 atom stereocenters. The maximum atomic E-state index is 14.1. The van der Waals surface area contributed by atoms with Gasteiger partial charge in [-0.05, 0) is 83.2 Å². The molecule has 0 radical (unpaired) electrons. The van der Waals surface area contributed by atoms with Crippen LogP contribution in [0.1, 0.15) is 99.7 Å². The van der Waals surface area contributed by atoms with E-state index in [-0.39, 0.29) is 60.3 Å². The highest BCUT2D eigenvalue weighted by Gasteiger charge is 2.27. The van der Waals surface area contributed by atoms with E-state index in [0.29, 0.717) is 18.7 Å². The van der Waals surface area contributed by atoms with Gasteiger partial charge in [0.05, 0.1) is 12.1 Å². The van der Waals surface area contributed by atoms with Gasteiger partial charge >= 0.3 is 6.09 Å². The molecule has 14 heteroatoms. The molecule has 0 fully saturated rings. The Kier molecular flexibility index (Phi) is 17.9. The summed E-state index contributed by atoms with van der Waals surface area (Å²) in [6, 6.07) is 21.2. The number of carbonyl (C=O) groups is 6. The predicted octanol–water partition coefficient (Wildman–Crippen LogP) is 4.65. The minimum absolute atomic E-state index is 0.00880. The number of nitrogens with one attached hydrogen (secondary N) is 6. The van der Waals surface area contributed by atoms with Crippen LogP contribution in [-0.4, -0.2) is 86.0 Å². The summed E-state index contributed by atoms with van der Waals surface area (Å²) in [7, 11) is 1.53. The van der Waals surface area contributed by atoms with Gasteiger partial charge in [-0.25, -0.2) is 4.79 Å². The average Bonchev–Trinajstić information content (AvgIpc) is 3.18. The van der Waals surface area contributed by atoms with Crippen molar-refractivity contribution >= 4 is 41.3 Å². The molecule has 14 nitrogen and oxygen atoms in total. The van der Waals surface area contributed by atoms with Gasteiger partial charge in [-0.3, -0.25) is 24.0 Å². The number of rotatable bonds is 19. The van der Waals surface area contributed by atoms with Crippen molar-refractivity contribution in [3.05, 3.63) is 101 Å². The number of alkyl carbamates (subject to hydrolysis) is 1. The second-order valence-electron chi connectivity index (χ2n) is 15.6. The van der Waals surface area contributed by atoms with Gasteiger partial charge < -0.3 is 41.5 Å². The molecule has 0 bridgehead atoms. The first kappa shape index (κ1) is 46.6. The van der Waals surface area contributed by atoms with Crippen LogP contribution >= 0.6 is 0 Å². The van der Waals surface area contributed by atoms with Gasteiger partial charge in [-0.2, -0.15) is 0 Å². The van der Waals surface area contributed by atoms with Crippen LogP contribution in [0.5, 0.6) is 0 Å². The Labute approximate surface area is 342 Å². The van der Waals surface area contributed by atoms with E-state index < -0.39 is 41.6 Å². The molecule has 6 amide bonds. The lowest BCUT2D eigenvalue weighted by Gasteiger charge is -2.26. The third-order valence-electron chi connectivity index (χ3n) is 9.18. The summed E-state index contributed by atoms with van der Waals surface area (Å²) < 4.78 is 5.26. The van der Waals surface area contributed by atoms with Crippen molar-refractivity contribution in [2.75, 3.05) is 31.6 Å². The number of hydrogen-bond donors (Lipinski definition) is 6. The van der Waals surface area contributed by atoms with Crippen LogP contribution in [0.4, 0.5) is 10.5 Å². The molecule has 3 aromatic rings. The maximum Gasteiger partial charge on any atom is 0.407 e. The Morgan fingerprint density at radius 3 is 1.90 bits per heavy atom. The lowest BCUT2D eigenvalue weighted by atomic mass is 10.0. The van der Waals surface area contributed by atoms with Crippen molar-refractivity contribution < 1.29 is 33.5 Å². The van der Waals surface area contributed by atoms with Crippen LogP contribution in [0, 0.1) is 5.92 Å². The molecule has 6 N–H and O–H groups in total. The Hall–Kier alpha value is -5.76. The van der Waals surface area contributed by atoms with Crippen molar-refractivity contribution in [3.63, 3.8) is 0 Å². The summed E-state index contributed by atoms with van der Waals surface area (Å²) in [6.45, 7) is 14.9. The van der Waals surface area contributed by atoms with Crippen molar-refractivity contribution in [1.29, 1.82) is 0 Å². The fraction of sp³-hybridized carbons (Fsp3) is 0.455. The summed E-state index contributed by atoms with van der Waals surface area (Å²) >= 11 is 0. The molecule has 0 saturated carbocycles. The first-order valence-corrected chi connectivity index (χ1v) is 19.8. The monoisotopic (exact) mass is 799 g/mol. The Balaban J connectivity index is 1.88. The topological polar surface area (TPSA) is 187 Å². The van der Waals surface area contributed by atoms with Crippen LogP contribution in [-0.2, 0) is 25.5 Å². The number of amides is 6. The van der Waals surface area contributed by atoms with E-state index in [1.165, 1.54) is 30.1 Å². The fourth-order valence-electron chi connectivity index (χ4n) is 5.92. The molecule has 3 aromatic carbocycles. The smallest absolute Gasteiger partial charge is 0.407 e. The molecular weight excluding hydrogens is 739 g/mol. The van der Waals surface area contributed by atoms with Gasteiger partial charge in [-0.15, -0.1) is 0 Å². The minimum Gasteiger partial charge on any atom is -0.444 e. The molecule has 0 aliphatic carbocycles. The largest absolute Gasteiger partial charge is 0.444 e. The number of likely N-dealkylation sites (N-methyl/N-ethyl adjacent to an activating group) is 1. The number of benzene rings is 3. The van der Waals surface area contributed by atoms with Crippen LogP contribution in [0.3, 0.4) is 0 Å². The zero-order valence-corrected chi connectivity index (χ0v) is 35.2. The summed E-state index contributed by atoms with van der Waals surface area (Å²) in [5.74, 6) is -2.09. The van der Waals surface area contributed by atoms with Crippen molar-refractivity contribution in [1.82, 2.24) is 31.9 Å². The van der Waals surface area contributed by atoms with Gasteiger partial charge in [0, 0.05) is 56.0 Å². The molecule has 0 spiro atoms. The average molecular weight is 800 g/mol. The molecule has 0 aromatic heterocycles. The lowest BCUT2D eigenvalue weighted by Crippen LogP contribution is -2.55. The molecule has 0 aliphatic rings. The second-order valence-corrected chi connectivity index (χ2v) is 15.6. The van der Waals surface area contributed by atoms with E-state index in [1.54, 1.807) is 27.7 Å². The molecule has 3 rings (SSSR count).